The third-order valence-corrected chi connectivity index (χ3v) is 3.85. The van der Waals surface area contributed by atoms with Gasteiger partial charge in [-0.25, -0.2) is 4.98 Å². The zero-order valence-corrected chi connectivity index (χ0v) is 15.7. The Balaban J connectivity index is 1.95. The van der Waals surface area contributed by atoms with Gasteiger partial charge in [0.05, 0.1) is 18.7 Å². The Labute approximate surface area is 160 Å². The molecule has 146 valence electrons. The highest BCUT2D eigenvalue weighted by atomic mass is 35.5. The number of hydrogen-bond donors (Lipinski definition) is 1. The summed E-state index contributed by atoms with van der Waals surface area (Å²) in [6.07, 6.45) is 5.59. The van der Waals surface area contributed by atoms with E-state index in [1.165, 1.54) is 25.6 Å². The molecule has 0 unspecified atom stereocenters. The number of amides is 1. The Morgan fingerprint density at radius 2 is 2.22 bits per heavy atom. The van der Waals surface area contributed by atoms with Gasteiger partial charge in [0.1, 0.15) is 5.82 Å². The van der Waals surface area contributed by atoms with E-state index >= 15 is 0 Å². The van der Waals surface area contributed by atoms with Gasteiger partial charge in [0, 0.05) is 31.4 Å². The molecule has 1 aromatic heterocycles. The lowest BCUT2D eigenvalue weighted by Gasteiger charge is -2.11. The minimum absolute atomic E-state index is 0.181. The third kappa shape index (κ3) is 5.68. The molecule has 0 saturated carbocycles. The van der Waals surface area contributed by atoms with E-state index in [0.29, 0.717) is 28.7 Å². The highest BCUT2D eigenvalue weighted by Crippen LogP contribution is 2.36. The molecule has 0 radical (unpaired) electrons. The van der Waals surface area contributed by atoms with Crippen LogP contribution in [0.25, 0.3) is 6.08 Å². The van der Waals surface area contributed by atoms with Gasteiger partial charge >= 0.3 is 6.55 Å². The van der Waals surface area contributed by atoms with Gasteiger partial charge < -0.3 is 14.8 Å². The van der Waals surface area contributed by atoms with Crippen molar-refractivity contribution in [3.63, 3.8) is 0 Å². The van der Waals surface area contributed by atoms with Gasteiger partial charge in [0.25, 0.3) is 0 Å². The zero-order chi connectivity index (χ0) is 19.8. The van der Waals surface area contributed by atoms with Crippen LogP contribution >= 0.6 is 11.6 Å². The average Bonchev–Trinajstić information content (AvgIpc) is 3.09. The van der Waals surface area contributed by atoms with E-state index in [1.54, 1.807) is 18.2 Å². The average molecular weight is 400 g/mol. The lowest BCUT2D eigenvalue weighted by atomic mass is 10.2. The maximum absolute atomic E-state index is 12.7. The number of carbonyl (C=O) groups is 1. The number of benzene rings is 1. The summed E-state index contributed by atoms with van der Waals surface area (Å²) in [7, 11) is 1.49. The Hall–Kier alpha value is -2.61. The van der Waals surface area contributed by atoms with Crippen molar-refractivity contribution < 1.29 is 23.0 Å². The standard InChI is InChI=1S/C18H20ClF2N3O3/c1-3-27-14-11-12(10-13(19)17(14)26-2)4-5-16(25)23-7-6-15-22-8-9-24(15)18(20)21/h4-5,8-11,18H,3,6-7H2,1-2H3,(H,23,25)/b5-4+. The van der Waals surface area contributed by atoms with Gasteiger partial charge in [0.15, 0.2) is 11.5 Å². The van der Waals surface area contributed by atoms with Crippen LogP contribution in [0.15, 0.2) is 30.6 Å². The number of rotatable bonds is 9. The van der Waals surface area contributed by atoms with E-state index < -0.39 is 6.55 Å². The molecule has 0 aliphatic rings. The van der Waals surface area contributed by atoms with Crippen LogP contribution in [0.3, 0.4) is 0 Å². The smallest absolute Gasteiger partial charge is 0.319 e. The summed E-state index contributed by atoms with van der Waals surface area (Å²) in [6.45, 7) is -0.199. The van der Waals surface area contributed by atoms with E-state index in [-0.39, 0.29) is 24.7 Å². The molecular formula is C18H20ClF2N3O3. The van der Waals surface area contributed by atoms with Crippen LogP contribution in [0, 0.1) is 0 Å². The zero-order valence-electron chi connectivity index (χ0n) is 14.9. The van der Waals surface area contributed by atoms with Crippen LogP contribution in [0.4, 0.5) is 8.78 Å². The van der Waals surface area contributed by atoms with Crippen LogP contribution in [-0.4, -0.2) is 35.7 Å². The fourth-order valence-electron chi connectivity index (χ4n) is 2.39. The topological polar surface area (TPSA) is 65.4 Å². The lowest BCUT2D eigenvalue weighted by Crippen LogP contribution is -2.24. The van der Waals surface area contributed by atoms with Crippen molar-refractivity contribution in [2.24, 2.45) is 0 Å². The second-order valence-corrected chi connectivity index (χ2v) is 5.78. The summed E-state index contributed by atoms with van der Waals surface area (Å²) in [5, 5.41) is 2.98. The molecular weight excluding hydrogens is 380 g/mol. The van der Waals surface area contributed by atoms with Crippen LogP contribution in [-0.2, 0) is 11.2 Å². The van der Waals surface area contributed by atoms with Crippen LogP contribution in [0.2, 0.25) is 5.02 Å². The molecule has 0 atom stereocenters. The number of nitrogens with one attached hydrogen (secondary N) is 1. The molecule has 2 rings (SSSR count). The Bertz CT molecular complexity index is 809. The molecule has 9 heteroatoms. The van der Waals surface area contributed by atoms with Gasteiger partial charge in [0.2, 0.25) is 5.91 Å². The number of imidazole rings is 1. The molecule has 2 aromatic rings. The number of methoxy groups -OCH3 is 1. The summed E-state index contributed by atoms with van der Waals surface area (Å²) in [4.78, 5) is 15.8. The highest BCUT2D eigenvalue weighted by molar-refractivity contribution is 6.32. The Morgan fingerprint density at radius 3 is 2.89 bits per heavy atom. The number of aromatic nitrogens is 2. The van der Waals surface area contributed by atoms with Crippen molar-refractivity contribution in [2.75, 3.05) is 20.3 Å². The van der Waals surface area contributed by atoms with Crippen molar-refractivity contribution in [2.45, 2.75) is 19.9 Å². The quantitative estimate of drug-likeness (QED) is 0.653. The molecule has 1 aromatic carbocycles. The number of ether oxygens (including phenoxy) is 2. The number of alkyl halides is 2. The predicted molar refractivity (Wildman–Crippen MR) is 98.4 cm³/mol. The van der Waals surface area contributed by atoms with E-state index in [9.17, 15) is 13.6 Å². The van der Waals surface area contributed by atoms with Crippen LogP contribution < -0.4 is 14.8 Å². The Kier molecular flexibility index (Phi) is 7.60. The second-order valence-electron chi connectivity index (χ2n) is 5.37. The second kappa shape index (κ2) is 9.91. The molecule has 1 amide bonds. The molecule has 0 aliphatic carbocycles. The summed E-state index contributed by atoms with van der Waals surface area (Å²) in [5.74, 6) is 0.744. The van der Waals surface area contributed by atoms with E-state index in [1.807, 2.05) is 6.92 Å². The number of halogens is 3. The molecule has 0 bridgehead atoms. The van der Waals surface area contributed by atoms with Crippen molar-refractivity contribution in [1.82, 2.24) is 14.9 Å². The first-order valence-electron chi connectivity index (χ1n) is 8.22. The normalized spacial score (nSPS) is 11.2. The predicted octanol–water partition coefficient (Wildman–Crippen LogP) is 3.71. The SMILES string of the molecule is CCOc1cc(/C=C/C(=O)NCCc2nccn2C(F)F)cc(Cl)c1OC. The molecule has 0 aliphatic heterocycles. The first-order chi connectivity index (χ1) is 13.0. The van der Waals surface area contributed by atoms with Gasteiger partial charge in [-0.3, -0.25) is 9.36 Å². The molecule has 0 spiro atoms. The van der Waals surface area contributed by atoms with E-state index in [0.717, 1.165) is 4.57 Å². The maximum atomic E-state index is 12.7. The van der Waals surface area contributed by atoms with Crippen LogP contribution in [0.5, 0.6) is 11.5 Å². The number of nitrogens with zero attached hydrogens (tertiary/aromatic N) is 2. The van der Waals surface area contributed by atoms with Gasteiger partial charge in [-0.1, -0.05) is 11.6 Å². The minimum atomic E-state index is -2.66. The van der Waals surface area contributed by atoms with Crippen molar-refractivity contribution in [3.05, 3.63) is 47.0 Å². The van der Waals surface area contributed by atoms with Crippen molar-refractivity contribution in [3.8, 4) is 11.5 Å². The monoisotopic (exact) mass is 399 g/mol. The fourth-order valence-corrected chi connectivity index (χ4v) is 2.69. The van der Waals surface area contributed by atoms with Crippen molar-refractivity contribution >= 4 is 23.6 Å². The summed E-state index contributed by atoms with van der Waals surface area (Å²) < 4.78 is 36.9. The number of hydrogen-bond acceptors (Lipinski definition) is 4. The fraction of sp³-hybridized carbons (Fsp3) is 0.333. The first-order valence-corrected chi connectivity index (χ1v) is 8.60. The molecule has 27 heavy (non-hydrogen) atoms. The van der Waals surface area contributed by atoms with E-state index in [2.05, 4.69) is 10.3 Å². The molecule has 1 heterocycles. The summed E-state index contributed by atoms with van der Waals surface area (Å²) >= 11 is 6.16. The van der Waals surface area contributed by atoms with Gasteiger partial charge in [-0.2, -0.15) is 8.78 Å². The largest absolute Gasteiger partial charge is 0.491 e. The molecule has 0 fully saturated rings. The van der Waals surface area contributed by atoms with Crippen LogP contribution in [0.1, 0.15) is 24.9 Å². The Morgan fingerprint density at radius 1 is 1.44 bits per heavy atom. The summed E-state index contributed by atoms with van der Waals surface area (Å²) in [6, 6.07) is 3.35. The minimum Gasteiger partial charge on any atom is -0.491 e. The third-order valence-electron chi connectivity index (χ3n) is 3.57. The lowest BCUT2D eigenvalue weighted by molar-refractivity contribution is -0.116. The molecule has 0 saturated heterocycles. The van der Waals surface area contributed by atoms with Crippen molar-refractivity contribution in [1.29, 1.82) is 0 Å². The van der Waals surface area contributed by atoms with Gasteiger partial charge in [-0.05, 0) is 30.7 Å². The molecule has 6 nitrogen and oxygen atoms in total. The number of carbonyl (C=O) groups excluding carboxylic acids is 1. The maximum Gasteiger partial charge on any atom is 0.319 e. The highest BCUT2D eigenvalue weighted by Gasteiger charge is 2.12. The van der Waals surface area contributed by atoms with E-state index in [4.69, 9.17) is 21.1 Å². The summed E-state index contributed by atoms with van der Waals surface area (Å²) in [5.41, 5.74) is 0.660. The molecule has 1 N–H and O–H groups in total. The van der Waals surface area contributed by atoms with Gasteiger partial charge in [-0.15, -0.1) is 0 Å². The first kappa shape index (κ1) is 20.7.